The third kappa shape index (κ3) is 5.80. The molecule has 0 bridgehead atoms. The van der Waals surface area contributed by atoms with E-state index in [1.165, 1.54) is 12.8 Å². The van der Waals surface area contributed by atoms with E-state index in [0.29, 0.717) is 6.61 Å². The van der Waals surface area contributed by atoms with Crippen LogP contribution in [0.15, 0.2) is 0 Å². The molecular formula is C7H17NO. The molecule has 9 heavy (non-hydrogen) atoms. The van der Waals surface area contributed by atoms with E-state index in [2.05, 4.69) is 6.92 Å². The first-order valence-corrected chi connectivity index (χ1v) is 3.55. The summed E-state index contributed by atoms with van der Waals surface area (Å²) in [6, 6.07) is 0.245. The summed E-state index contributed by atoms with van der Waals surface area (Å²) in [4.78, 5) is 0. The van der Waals surface area contributed by atoms with E-state index in [1.807, 2.05) is 0 Å². The summed E-state index contributed by atoms with van der Waals surface area (Å²) in [5.41, 5.74) is 5.65. The van der Waals surface area contributed by atoms with Gasteiger partial charge in [-0.2, -0.15) is 0 Å². The normalized spacial score (nSPS) is 13.7. The minimum Gasteiger partial charge on any atom is -0.383 e. The molecule has 0 aliphatic carbocycles. The van der Waals surface area contributed by atoms with Gasteiger partial charge in [0.15, 0.2) is 0 Å². The van der Waals surface area contributed by atoms with Gasteiger partial charge in [0.2, 0.25) is 0 Å². The van der Waals surface area contributed by atoms with Crippen LogP contribution in [-0.4, -0.2) is 19.8 Å². The second-order valence-electron chi connectivity index (χ2n) is 2.36. The molecule has 1 atom stereocenters. The van der Waals surface area contributed by atoms with Crippen LogP contribution in [-0.2, 0) is 4.74 Å². The van der Waals surface area contributed by atoms with Gasteiger partial charge < -0.3 is 10.5 Å². The number of nitrogens with two attached hydrogens (primary N) is 1. The van der Waals surface area contributed by atoms with Gasteiger partial charge in [-0.15, -0.1) is 0 Å². The highest BCUT2D eigenvalue weighted by atomic mass is 16.5. The van der Waals surface area contributed by atoms with Gasteiger partial charge in [-0.05, 0) is 6.42 Å². The fraction of sp³-hybridized carbons (Fsp3) is 1.00. The Labute approximate surface area is 57.4 Å². The van der Waals surface area contributed by atoms with Crippen LogP contribution in [0.4, 0.5) is 0 Å². The standard InChI is InChI=1S/C7H17NO/c1-3-4-5-7(8)6-9-2/h7H,3-6,8H2,1-2H3/t7-/m1/s1. The van der Waals surface area contributed by atoms with Crippen LogP contribution in [0.25, 0.3) is 0 Å². The van der Waals surface area contributed by atoms with Gasteiger partial charge in [-0.25, -0.2) is 0 Å². The Balaban J connectivity index is 2.95. The van der Waals surface area contributed by atoms with Gasteiger partial charge in [0.1, 0.15) is 0 Å². The van der Waals surface area contributed by atoms with Crippen molar-refractivity contribution >= 4 is 0 Å². The van der Waals surface area contributed by atoms with Crippen molar-refractivity contribution in [1.82, 2.24) is 0 Å². The number of ether oxygens (including phenoxy) is 1. The summed E-state index contributed by atoms with van der Waals surface area (Å²) < 4.78 is 4.88. The first-order valence-electron chi connectivity index (χ1n) is 3.55. The van der Waals surface area contributed by atoms with Crippen LogP contribution < -0.4 is 5.73 Å². The number of hydrogen-bond donors (Lipinski definition) is 1. The fourth-order valence-electron chi connectivity index (χ4n) is 0.764. The number of rotatable bonds is 5. The van der Waals surface area contributed by atoms with Crippen molar-refractivity contribution in [2.75, 3.05) is 13.7 Å². The molecule has 0 aromatic carbocycles. The lowest BCUT2D eigenvalue weighted by atomic mass is 10.1. The largest absolute Gasteiger partial charge is 0.383 e. The van der Waals surface area contributed by atoms with Crippen LogP contribution in [0, 0.1) is 0 Å². The molecule has 0 aliphatic rings. The summed E-state index contributed by atoms with van der Waals surface area (Å²) in [6.45, 7) is 2.86. The summed E-state index contributed by atoms with van der Waals surface area (Å²) in [6.07, 6.45) is 3.52. The van der Waals surface area contributed by atoms with Gasteiger partial charge in [-0.3, -0.25) is 0 Å². The molecule has 0 rings (SSSR count). The molecule has 0 spiro atoms. The third-order valence-electron chi connectivity index (χ3n) is 1.31. The lowest BCUT2D eigenvalue weighted by Gasteiger charge is -2.07. The van der Waals surface area contributed by atoms with Crippen LogP contribution in [0.1, 0.15) is 26.2 Å². The fourth-order valence-corrected chi connectivity index (χ4v) is 0.764. The third-order valence-corrected chi connectivity index (χ3v) is 1.31. The van der Waals surface area contributed by atoms with Crippen molar-refractivity contribution in [2.45, 2.75) is 32.2 Å². The van der Waals surface area contributed by atoms with Crippen LogP contribution in [0.5, 0.6) is 0 Å². The molecule has 0 aromatic heterocycles. The first kappa shape index (κ1) is 8.92. The predicted molar refractivity (Wildman–Crippen MR) is 39.4 cm³/mol. The smallest absolute Gasteiger partial charge is 0.0613 e. The number of unbranched alkanes of at least 4 members (excludes halogenated alkanes) is 1. The SMILES string of the molecule is CCCC[C@@H](N)COC. The maximum absolute atomic E-state index is 5.65. The molecule has 2 N–H and O–H groups in total. The predicted octanol–water partition coefficient (Wildman–Crippen LogP) is 1.15. The minimum absolute atomic E-state index is 0.245. The average molecular weight is 131 g/mol. The van der Waals surface area contributed by atoms with E-state index in [9.17, 15) is 0 Å². The van der Waals surface area contributed by atoms with Crippen LogP contribution in [0.2, 0.25) is 0 Å². The molecule has 0 heterocycles. The Bertz CT molecular complexity index is 56.9. The average Bonchev–Trinajstić information content (AvgIpc) is 1.85. The Morgan fingerprint density at radius 2 is 2.22 bits per heavy atom. The zero-order valence-corrected chi connectivity index (χ0v) is 6.39. The highest BCUT2D eigenvalue weighted by Gasteiger charge is 1.98. The second kappa shape index (κ2) is 6.05. The molecule has 0 unspecified atom stereocenters. The van der Waals surface area contributed by atoms with Crippen molar-refractivity contribution in [3.63, 3.8) is 0 Å². The molecular weight excluding hydrogens is 114 g/mol. The molecule has 0 saturated heterocycles. The number of hydrogen-bond acceptors (Lipinski definition) is 2. The minimum atomic E-state index is 0.245. The van der Waals surface area contributed by atoms with Gasteiger partial charge in [0.25, 0.3) is 0 Å². The molecule has 0 aromatic rings. The highest BCUT2D eigenvalue weighted by Crippen LogP contribution is 1.97. The molecule has 0 amide bonds. The van der Waals surface area contributed by atoms with Crippen molar-refractivity contribution in [3.05, 3.63) is 0 Å². The Morgan fingerprint density at radius 1 is 1.56 bits per heavy atom. The number of methoxy groups -OCH3 is 1. The van der Waals surface area contributed by atoms with Crippen molar-refractivity contribution in [2.24, 2.45) is 5.73 Å². The van der Waals surface area contributed by atoms with Crippen LogP contribution >= 0.6 is 0 Å². The molecule has 2 nitrogen and oxygen atoms in total. The van der Waals surface area contributed by atoms with Crippen LogP contribution in [0.3, 0.4) is 0 Å². The van der Waals surface area contributed by atoms with Gasteiger partial charge in [0.05, 0.1) is 6.61 Å². The maximum Gasteiger partial charge on any atom is 0.0613 e. The zero-order valence-electron chi connectivity index (χ0n) is 6.39. The van der Waals surface area contributed by atoms with E-state index in [0.717, 1.165) is 6.42 Å². The zero-order chi connectivity index (χ0) is 7.11. The quantitative estimate of drug-likeness (QED) is 0.607. The molecule has 56 valence electrons. The van der Waals surface area contributed by atoms with Crippen molar-refractivity contribution in [1.29, 1.82) is 0 Å². The Hall–Kier alpha value is -0.0800. The summed E-state index contributed by atoms with van der Waals surface area (Å²) in [7, 11) is 1.69. The van der Waals surface area contributed by atoms with E-state index < -0.39 is 0 Å². The maximum atomic E-state index is 5.65. The highest BCUT2D eigenvalue weighted by molar-refractivity contribution is 4.57. The van der Waals surface area contributed by atoms with Gasteiger partial charge in [-0.1, -0.05) is 19.8 Å². The molecule has 0 saturated carbocycles. The first-order chi connectivity index (χ1) is 4.31. The molecule has 0 aliphatic heterocycles. The summed E-state index contributed by atoms with van der Waals surface area (Å²) in [5, 5.41) is 0. The van der Waals surface area contributed by atoms with Crippen molar-refractivity contribution < 1.29 is 4.74 Å². The second-order valence-corrected chi connectivity index (χ2v) is 2.36. The monoisotopic (exact) mass is 131 g/mol. The van der Waals surface area contributed by atoms with E-state index in [1.54, 1.807) is 7.11 Å². The molecule has 0 radical (unpaired) electrons. The molecule has 0 fully saturated rings. The van der Waals surface area contributed by atoms with E-state index >= 15 is 0 Å². The Kier molecular flexibility index (Phi) is 5.99. The van der Waals surface area contributed by atoms with Gasteiger partial charge in [0, 0.05) is 13.2 Å². The Morgan fingerprint density at radius 3 is 2.67 bits per heavy atom. The topological polar surface area (TPSA) is 35.2 Å². The van der Waals surface area contributed by atoms with E-state index in [4.69, 9.17) is 10.5 Å². The van der Waals surface area contributed by atoms with E-state index in [-0.39, 0.29) is 6.04 Å². The summed E-state index contributed by atoms with van der Waals surface area (Å²) in [5.74, 6) is 0. The van der Waals surface area contributed by atoms with Crippen molar-refractivity contribution in [3.8, 4) is 0 Å². The molecule has 2 heteroatoms. The lowest BCUT2D eigenvalue weighted by Crippen LogP contribution is -2.25. The lowest BCUT2D eigenvalue weighted by molar-refractivity contribution is 0.176. The summed E-state index contributed by atoms with van der Waals surface area (Å²) >= 11 is 0. The van der Waals surface area contributed by atoms with Gasteiger partial charge >= 0.3 is 0 Å².